The van der Waals surface area contributed by atoms with Gasteiger partial charge in [0.2, 0.25) is 0 Å². The SMILES string of the molecule is CCCN(CCC)CCOC(F)(F)F. The van der Waals surface area contributed by atoms with Gasteiger partial charge in [-0.05, 0) is 25.9 Å². The number of halogens is 3. The topological polar surface area (TPSA) is 12.5 Å². The van der Waals surface area contributed by atoms with Crippen molar-refractivity contribution in [3.63, 3.8) is 0 Å². The second-order valence-electron chi connectivity index (χ2n) is 3.14. The predicted octanol–water partition coefficient (Wildman–Crippen LogP) is 2.64. The van der Waals surface area contributed by atoms with Crippen LogP contribution < -0.4 is 0 Å². The minimum atomic E-state index is -4.50. The van der Waals surface area contributed by atoms with Gasteiger partial charge in [-0.15, -0.1) is 13.2 Å². The van der Waals surface area contributed by atoms with E-state index in [1.807, 2.05) is 18.7 Å². The highest BCUT2D eigenvalue weighted by molar-refractivity contribution is 4.55. The van der Waals surface area contributed by atoms with E-state index in [2.05, 4.69) is 4.74 Å². The Kier molecular flexibility index (Phi) is 6.92. The number of nitrogens with zero attached hydrogens (tertiary/aromatic N) is 1. The van der Waals surface area contributed by atoms with Crippen molar-refractivity contribution in [2.75, 3.05) is 26.2 Å². The summed E-state index contributed by atoms with van der Waals surface area (Å²) >= 11 is 0. The molecule has 86 valence electrons. The summed E-state index contributed by atoms with van der Waals surface area (Å²) in [7, 11) is 0. The van der Waals surface area contributed by atoms with Crippen LogP contribution in [-0.4, -0.2) is 37.5 Å². The van der Waals surface area contributed by atoms with Gasteiger partial charge in [-0.1, -0.05) is 13.8 Å². The highest BCUT2D eigenvalue weighted by Crippen LogP contribution is 2.15. The molecule has 0 aromatic carbocycles. The van der Waals surface area contributed by atoms with E-state index in [9.17, 15) is 13.2 Å². The van der Waals surface area contributed by atoms with Crippen LogP contribution in [0.25, 0.3) is 0 Å². The lowest BCUT2D eigenvalue weighted by Gasteiger charge is -2.20. The van der Waals surface area contributed by atoms with Crippen LogP contribution in [0.4, 0.5) is 13.2 Å². The Bertz CT molecular complexity index is 133. The van der Waals surface area contributed by atoms with Crippen LogP contribution in [0.15, 0.2) is 0 Å². The first kappa shape index (κ1) is 13.7. The number of hydrogen-bond acceptors (Lipinski definition) is 2. The highest BCUT2D eigenvalue weighted by Gasteiger charge is 2.28. The van der Waals surface area contributed by atoms with Crippen LogP contribution in [0.1, 0.15) is 26.7 Å². The van der Waals surface area contributed by atoms with E-state index in [0.29, 0.717) is 6.54 Å². The van der Waals surface area contributed by atoms with Crippen molar-refractivity contribution >= 4 is 0 Å². The third-order valence-corrected chi connectivity index (χ3v) is 1.75. The lowest BCUT2D eigenvalue weighted by atomic mass is 10.3. The quantitative estimate of drug-likeness (QED) is 0.644. The van der Waals surface area contributed by atoms with E-state index in [1.54, 1.807) is 0 Å². The fourth-order valence-corrected chi connectivity index (χ4v) is 1.26. The minimum Gasteiger partial charge on any atom is -0.301 e. The van der Waals surface area contributed by atoms with Gasteiger partial charge in [-0.3, -0.25) is 4.74 Å². The number of alkyl halides is 3. The van der Waals surface area contributed by atoms with Crippen LogP contribution in [-0.2, 0) is 4.74 Å². The molecule has 0 saturated carbocycles. The molecule has 0 heterocycles. The molecule has 0 rings (SSSR count). The lowest BCUT2D eigenvalue weighted by molar-refractivity contribution is -0.325. The van der Waals surface area contributed by atoms with E-state index in [-0.39, 0.29) is 6.61 Å². The molecule has 0 aliphatic heterocycles. The fourth-order valence-electron chi connectivity index (χ4n) is 1.26. The lowest BCUT2D eigenvalue weighted by Crippen LogP contribution is -2.31. The third kappa shape index (κ3) is 8.31. The van der Waals surface area contributed by atoms with Crippen molar-refractivity contribution in [1.29, 1.82) is 0 Å². The minimum absolute atomic E-state index is 0.274. The number of ether oxygens (including phenoxy) is 1. The fraction of sp³-hybridized carbons (Fsp3) is 1.00. The molecule has 14 heavy (non-hydrogen) atoms. The van der Waals surface area contributed by atoms with E-state index >= 15 is 0 Å². The zero-order valence-electron chi connectivity index (χ0n) is 8.73. The molecule has 0 aliphatic carbocycles. The van der Waals surface area contributed by atoms with Gasteiger partial charge in [0, 0.05) is 6.54 Å². The zero-order chi connectivity index (χ0) is 11.0. The predicted molar refractivity (Wildman–Crippen MR) is 49.0 cm³/mol. The summed E-state index contributed by atoms with van der Waals surface area (Å²) < 4.78 is 38.6. The summed E-state index contributed by atoms with van der Waals surface area (Å²) in [6.07, 6.45) is -2.60. The summed E-state index contributed by atoms with van der Waals surface area (Å²) in [4.78, 5) is 1.98. The van der Waals surface area contributed by atoms with E-state index in [1.165, 1.54) is 0 Å². The smallest absolute Gasteiger partial charge is 0.301 e. The molecule has 0 radical (unpaired) electrons. The molecule has 2 nitrogen and oxygen atoms in total. The van der Waals surface area contributed by atoms with Crippen LogP contribution in [0.5, 0.6) is 0 Å². The molecule has 0 aromatic heterocycles. The molecule has 0 saturated heterocycles. The molecule has 0 N–H and O–H groups in total. The van der Waals surface area contributed by atoms with Gasteiger partial charge >= 0.3 is 6.36 Å². The normalized spacial score (nSPS) is 12.4. The Morgan fingerprint density at radius 3 is 1.86 bits per heavy atom. The molecule has 5 heteroatoms. The molecule has 0 atom stereocenters. The van der Waals surface area contributed by atoms with Gasteiger partial charge in [0.25, 0.3) is 0 Å². The van der Waals surface area contributed by atoms with Gasteiger partial charge in [-0.25, -0.2) is 0 Å². The maximum Gasteiger partial charge on any atom is 0.522 e. The second-order valence-corrected chi connectivity index (χ2v) is 3.14. The Morgan fingerprint density at radius 2 is 1.50 bits per heavy atom. The first-order chi connectivity index (χ1) is 6.49. The first-order valence-electron chi connectivity index (χ1n) is 4.92. The average Bonchev–Trinajstić information content (AvgIpc) is 2.02. The molecule has 0 unspecified atom stereocenters. The van der Waals surface area contributed by atoms with Crippen molar-refractivity contribution < 1.29 is 17.9 Å². The standard InChI is InChI=1S/C9H18F3NO/c1-3-5-13(6-4-2)7-8-14-9(10,11)12/h3-8H2,1-2H3. The molecule has 0 fully saturated rings. The molecular weight excluding hydrogens is 195 g/mol. The Balaban J connectivity index is 3.60. The van der Waals surface area contributed by atoms with Crippen LogP contribution >= 0.6 is 0 Å². The summed E-state index contributed by atoms with van der Waals surface area (Å²) in [5.74, 6) is 0. The van der Waals surface area contributed by atoms with Crippen molar-refractivity contribution in [3.8, 4) is 0 Å². The van der Waals surface area contributed by atoms with Crippen molar-refractivity contribution in [2.24, 2.45) is 0 Å². The summed E-state index contributed by atoms with van der Waals surface area (Å²) in [5, 5.41) is 0. The van der Waals surface area contributed by atoms with E-state index in [0.717, 1.165) is 25.9 Å². The monoisotopic (exact) mass is 213 g/mol. The van der Waals surface area contributed by atoms with Gasteiger partial charge in [0.1, 0.15) is 0 Å². The Morgan fingerprint density at radius 1 is 1.00 bits per heavy atom. The van der Waals surface area contributed by atoms with Gasteiger partial charge in [-0.2, -0.15) is 0 Å². The molecule has 0 bridgehead atoms. The van der Waals surface area contributed by atoms with Crippen molar-refractivity contribution in [3.05, 3.63) is 0 Å². The maximum atomic E-state index is 11.6. The summed E-state index contributed by atoms with van der Waals surface area (Å²) in [6.45, 7) is 5.75. The van der Waals surface area contributed by atoms with E-state index in [4.69, 9.17) is 0 Å². The van der Waals surface area contributed by atoms with Crippen LogP contribution in [0.2, 0.25) is 0 Å². The molecule has 0 spiro atoms. The van der Waals surface area contributed by atoms with Gasteiger partial charge < -0.3 is 4.90 Å². The molecular formula is C9H18F3NO. The third-order valence-electron chi connectivity index (χ3n) is 1.75. The Hall–Kier alpha value is -0.290. The van der Waals surface area contributed by atoms with Crippen LogP contribution in [0, 0.1) is 0 Å². The Labute approximate surface area is 83.0 Å². The summed E-state index contributed by atoms with van der Waals surface area (Å²) in [5.41, 5.74) is 0. The highest BCUT2D eigenvalue weighted by atomic mass is 19.4. The molecule has 0 aromatic rings. The average molecular weight is 213 g/mol. The van der Waals surface area contributed by atoms with Crippen molar-refractivity contribution in [1.82, 2.24) is 4.90 Å². The molecule has 0 amide bonds. The number of rotatable bonds is 7. The van der Waals surface area contributed by atoms with E-state index < -0.39 is 6.36 Å². The number of hydrogen-bond donors (Lipinski definition) is 0. The largest absolute Gasteiger partial charge is 0.522 e. The van der Waals surface area contributed by atoms with Crippen LogP contribution in [0.3, 0.4) is 0 Å². The molecule has 0 aliphatic rings. The maximum absolute atomic E-state index is 11.6. The summed E-state index contributed by atoms with van der Waals surface area (Å²) in [6, 6.07) is 0. The second kappa shape index (κ2) is 7.06. The first-order valence-corrected chi connectivity index (χ1v) is 4.92. The van der Waals surface area contributed by atoms with Crippen molar-refractivity contribution in [2.45, 2.75) is 33.1 Å². The van der Waals surface area contributed by atoms with Gasteiger partial charge in [0.05, 0.1) is 6.61 Å². The zero-order valence-corrected chi connectivity index (χ0v) is 8.73. The van der Waals surface area contributed by atoms with Gasteiger partial charge in [0.15, 0.2) is 0 Å².